The van der Waals surface area contributed by atoms with E-state index in [-0.39, 0.29) is 24.8 Å². The maximum atomic E-state index is 2.24. The first-order valence-electron chi connectivity index (χ1n) is 3.67. The summed E-state index contributed by atoms with van der Waals surface area (Å²) in [6.07, 6.45) is 2.63. The average Bonchev–Trinajstić information content (AvgIpc) is 2.05. The third kappa shape index (κ3) is 2.58. The predicted octanol–water partition coefficient (Wildman–Crippen LogP) is 3.57. The highest BCUT2D eigenvalue weighted by molar-refractivity contribution is 7.99. The van der Waals surface area contributed by atoms with Crippen LogP contribution in [0.3, 0.4) is 0 Å². The summed E-state index contributed by atoms with van der Waals surface area (Å²) in [5, 5.41) is 0. The van der Waals surface area contributed by atoms with Gasteiger partial charge in [0.05, 0.1) is 0 Å². The van der Waals surface area contributed by atoms with E-state index in [4.69, 9.17) is 0 Å². The third-order valence-corrected chi connectivity index (χ3v) is 3.02. The molecule has 1 aliphatic heterocycles. The number of thioether (sulfide) groups is 1. The summed E-state index contributed by atoms with van der Waals surface area (Å²) in [6, 6.07) is 8.71. The lowest BCUT2D eigenvalue weighted by Gasteiger charge is -2.13. The van der Waals surface area contributed by atoms with Crippen LogP contribution in [0.2, 0.25) is 0 Å². The number of halogens is 2. The molecule has 1 aromatic rings. The highest BCUT2D eigenvalue weighted by Crippen LogP contribution is 2.28. The van der Waals surface area contributed by atoms with E-state index in [0.29, 0.717) is 0 Å². The van der Waals surface area contributed by atoms with Gasteiger partial charge in [0.1, 0.15) is 0 Å². The monoisotopic (exact) mass is 222 g/mol. The molecule has 3 heteroatoms. The van der Waals surface area contributed by atoms with Gasteiger partial charge in [-0.15, -0.1) is 36.6 Å². The van der Waals surface area contributed by atoms with Crippen molar-refractivity contribution in [1.82, 2.24) is 0 Å². The zero-order valence-corrected chi connectivity index (χ0v) is 9.10. The fourth-order valence-corrected chi connectivity index (χ4v) is 2.33. The molecular weight excluding hydrogens is 211 g/mol. The van der Waals surface area contributed by atoms with Crippen molar-refractivity contribution in [2.45, 2.75) is 17.7 Å². The molecule has 68 valence electrons. The Balaban J connectivity index is 0.000000605. The number of fused-ring (bicyclic) bond motifs is 1. The van der Waals surface area contributed by atoms with Crippen LogP contribution in [0, 0.1) is 0 Å². The number of benzene rings is 1. The zero-order valence-electron chi connectivity index (χ0n) is 6.66. The zero-order chi connectivity index (χ0) is 6.81. The number of hydrogen-bond donors (Lipinski definition) is 0. The standard InChI is InChI=1S/C9H10S.2ClH/c1-2-6-9-8(4-1)5-3-7-10-9;;/h1-2,4,6H,3,5,7H2;2*1H. The molecule has 12 heavy (non-hydrogen) atoms. The van der Waals surface area contributed by atoms with Crippen LogP contribution in [-0.4, -0.2) is 5.75 Å². The Bertz CT molecular complexity index is 213. The van der Waals surface area contributed by atoms with E-state index in [0.717, 1.165) is 0 Å². The SMILES string of the molecule is Cl.Cl.c1ccc2c(c1)CCCS2. The molecule has 1 aromatic carbocycles. The van der Waals surface area contributed by atoms with Crippen LogP contribution in [-0.2, 0) is 6.42 Å². The second-order valence-corrected chi connectivity index (χ2v) is 3.70. The number of rotatable bonds is 0. The highest BCUT2D eigenvalue weighted by atomic mass is 35.5. The number of hydrogen-bond acceptors (Lipinski definition) is 1. The van der Waals surface area contributed by atoms with Crippen molar-refractivity contribution >= 4 is 36.6 Å². The molecule has 0 bridgehead atoms. The van der Waals surface area contributed by atoms with Gasteiger partial charge in [-0.1, -0.05) is 18.2 Å². The first kappa shape index (κ1) is 12.2. The van der Waals surface area contributed by atoms with Gasteiger partial charge in [-0.25, -0.2) is 0 Å². The lowest BCUT2D eigenvalue weighted by Crippen LogP contribution is -1.96. The fraction of sp³-hybridized carbons (Fsp3) is 0.333. The Labute approximate surface area is 89.9 Å². The second kappa shape index (κ2) is 5.74. The summed E-state index contributed by atoms with van der Waals surface area (Å²) in [7, 11) is 0. The van der Waals surface area contributed by atoms with Gasteiger partial charge in [-0.3, -0.25) is 0 Å². The van der Waals surface area contributed by atoms with Gasteiger partial charge in [0.2, 0.25) is 0 Å². The van der Waals surface area contributed by atoms with E-state index in [9.17, 15) is 0 Å². The molecule has 0 atom stereocenters. The molecule has 1 heterocycles. The Morgan fingerprint density at radius 3 is 2.58 bits per heavy atom. The molecule has 1 aliphatic rings. The van der Waals surface area contributed by atoms with E-state index >= 15 is 0 Å². The van der Waals surface area contributed by atoms with Crippen molar-refractivity contribution in [3.8, 4) is 0 Å². The fourth-order valence-electron chi connectivity index (χ4n) is 1.30. The van der Waals surface area contributed by atoms with Crippen LogP contribution in [0.1, 0.15) is 12.0 Å². The van der Waals surface area contributed by atoms with Crippen LogP contribution in [0.5, 0.6) is 0 Å². The predicted molar refractivity (Wildman–Crippen MR) is 60.0 cm³/mol. The van der Waals surface area contributed by atoms with E-state index in [1.54, 1.807) is 5.56 Å². The molecule has 0 radical (unpaired) electrons. The molecule has 0 aromatic heterocycles. The summed E-state index contributed by atoms with van der Waals surface area (Å²) in [5.41, 5.74) is 1.54. The first-order chi connectivity index (χ1) is 4.97. The van der Waals surface area contributed by atoms with E-state index < -0.39 is 0 Å². The van der Waals surface area contributed by atoms with Gasteiger partial charge in [0.15, 0.2) is 0 Å². The summed E-state index contributed by atoms with van der Waals surface area (Å²) in [5.74, 6) is 1.30. The smallest absolute Gasteiger partial charge is 0.0104 e. The Morgan fingerprint density at radius 1 is 1.08 bits per heavy atom. The molecule has 0 aliphatic carbocycles. The van der Waals surface area contributed by atoms with Crippen molar-refractivity contribution in [3.63, 3.8) is 0 Å². The molecule has 2 rings (SSSR count). The van der Waals surface area contributed by atoms with Crippen LogP contribution >= 0.6 is 36.6 Å². The molecule has 0 unspecified atom stereocenters. The third-order valence-electron chi connectivity index (χ3n) is 1.82. The molecule has 0 nitrogen and oxygen atoms in total. The van der Waals surface area contributed by atoms with Crippen LogP contribution in [0.15, 0.2) is 29.2 Å². The van der Waals surface area contributed by atoms with Gasteiger partial charge >= 0.3 is 0 Å². The van der Waals surface area contributed by atoms with Gasteiger partial charge in [-0.05, 0) is 30.2 Å². The minimum Gasteiger partial charge on any atom is -0.147 e. The Kier molecular flexibility index (Phi) is 5.81. The summed E-state index contributed by atoms with van der Waals surface area (Å²) in [6.45, 7) is 0. The van der Waals surface area contributed by atoms with Gasteiger partial charge < -0.3 is 0 Å². The lowest BCUT2D eigenvalue weighted by molar-refractivity contribution is 0.890. The summed E-state index contributed by atoms with van der Waals surface area (Å²) >= 11 is 1.99. The normalized spacial score (nSPS) is 13.7. The molecule has 0 saturated heterocycles. The molecule has 0 fully saturated rings. The van der Waals surface area contributed by atoms with Crippen molar-refractivity contribution < 1.29 is 0 Å². The average molecular weight is 223 g/mol. The molecule has 0 amide bonds. The van der Waals surface area contributed by atoms with Crippen molar-refractivity contribution in [2.24, 2.45) is 0 Å². The van der Waals surface area contributed by atoms with Crippen LogP contribution in [0.4, 0.5) is 0 Å². The lowest BCUT2D eigenvalue weighted by atomic mass is 10.1. The molecule has 0 spiro atoms. The van der Waals surface area contributed by atoms with E-state index in [2.05, 4.69) is 24.3 Å². The summed E-state index contributed by atoms with van der Waals surface area (Å²) < 4.78 is 0. The minimum absolute atomic E-state index is 0. The Morgan fingerprint density at radius 2 is 1.83 bits per heavy atom. The first-order valence-corrected chi connectivity index (χ1v) is 4.66. The number of aryl methyl sites for hydroxylation is 1. The molecule has 0 saturated carbocycles. The largest absolute Gasteiger partial charge is 0.147 e. The van der Waals surface area contributed by atoms with Crippen molar-refractivity contribution in [1.29, 1.82) is 0 Å². The Hall–Kier alpha value is 0.150. The second-order valence-electron chi connectivity index (χ2n) is 2.56. The van der Waals surface area contributed by atoms with E-state index in [1.807, 2.05) is 11.8 Å². The van der Waals surface area contributed by atoms with Crippen LogP contribution in [0.25, 0.3) is 0 Å². The van der Waals surface area contributed by atoms with Crippen molar-refractivity contribution in [3.05, 3.63) is 29.8 Å². The highest BCUT2D eigenvalue weighted by Gasteiger charge is 2.06. The topological polar surface area (TPSA) is 0 Å². The molecular formula is C9H12Cl2S. The van der Waals surface area contributed by atoms with Gasteiger partial charge in [0.25, 0.3) is 0 Å². The van der Waals surface area contributed by atoms with Crippen molar-refractivity contribution in [2.75, 3.05) is 5.75 Å². The maximum absolute atomic E-state index is 2.24. The quantitative estimate of drug-likeness (QED) is 0.647. The summed E-state index contributed by atoms with van der Waals surface area (Å²) in [4.78, 5) is 1.49. The van der Waals surface area contributed by atoms with Gasteiger partial charge in [-0.2, -0.15) is 0 Å². The van der Waals surface area contributed by atoms with E-state index in [1.165, 1.54) is 23.5 Å². The molecule has 0 N–H and O–H groups in total. The minimum atomic E-state index is 0. The maximum Gasteiger partial charge on any atom is 0.0104 e. The van der Waals surface area contributed by atoms with Gasteiger partial charge in [0, 0.05) is 4.90 Å². The van der Waals surface area contributed by atoms with Crippen LogP contribution < -0.4 is 0 Å².